The Morgan fingerprint density at radius 1 is 0.917 bits per heavy atom. The predicted octanol–water partition coefficient (Wildman–Crippen LogP) is 5.35. The van der Waals surface area contributed by atoms with E-state index in [0.29, 0.717) is 10.9 Å². The molecule has 0 aliphatic carbocycles. The quantitative estimate of drug-likeness (QED) is 0.617. The number of phenolic OH excluding ortho intramolecular Hbond substituents is 1. The summed E-state index contributed by atoms with van der Waals surface area (Å²) >= 11 is 3.22. The second kappa shape index (κ2) is 6.79. The molecule has 3 nitrogen and oxygen atoms in total. The van der Waals surface area contributed by atoms with Gasteiger partial charge in [-0.1, -0.05) is 30.3 Å². The van der Waals surface area contributed by atoms with Gasteiger partial charge in [-0.25, -0.2) is 4.79 Å². The monoisotopic (exact) mass is 356 g/mol. The molecule has 0 saturated carbocycles. The molecular weight excluding hydrogens is 340 g/mol. The molecule has 0 atom stereocenters. The van der Waals surface area contributed by atoms with E-state index in [1.54, 1.807) is 23.5 Å². The van der Waals surface area contributed by atoms with Gasteiger partial charge in [0.25, 0.3) is 0 Å². The van der Waals surface area contributed by atoms with Gasteiger partial charge in [0.15, 0.2) is 0 Å². The molecule has 0 saturated heterocycles. The van der Waals surface area contributed by atoms with Crippen molar-refractivity contribution >= 4 is 40.3 Å². The van der Waals surface area contributed by atoms with Crippen molar-refractivity contribution in [3.8, 4) is 16.9 Å². The summed E-state index contributed by atoms with van der Waals surface area (Å²) < 4.78 is 0. The lowest BCUT2D eigenvalue weighted by Gasteiger charge is -2.15. The molecule has 0 aromatic heterocycles. The van der Waals surface area contributed by atoms with Crippen LogP contribution < -0.4 is 0 Å². The number of rotatable bonds is 4. The van der Waals surface area contributed by atoms with Crippen molar-refractivity contribution in [2.24, 2.45) is 0 Å². The topological polar surface area (TPSA) is 57.5 Å². The molecule has 0 heterocycles. The van der Waals surface area contributed by atoms with Crippen LogP contribution in [0.1, 0.15) is 10.4 Å². The molecule has 0 aliphatic heterocycles. The summed E-state index contributed by atoms with van der Waals surface area (Å²) in [6, 6.07) is 14.7. The number of hydrogen-bond acceptors (Lipinski definition) is 4. The number of hydrogen-bond donors (Lipinski definition) is 2. The highest BCUT2D eigenvalue weighted by Crippen LogP contribution is 2.42. The van der Waals surface area contributed by atoms with Crippen LogP contribution in [-0.4, -0.2) is 28.7 Å². The number of aromatic carboxylic acids is 1. The van der Waals surface area contributed by atoms with Crippen LogP contribution in [0.5, 0.6) is 5.75 Å². The van der Waals surface area contributed by atoms with Crippen molar-refractivity contribution in [3.05, 3.63) is 54.1 Å². The first kappa shape index (κ1) is 16.7. The van der Waals surface area contributed by atoms with E-state index in [0.717, 1.165) is 20.7 Å². The Balaban J connectivity index is 2.48. The number of carbonyl (C=O) groups is 1. The highest BCUT2D eigenvalue weighted by atomic mass is 32.2. The first-order valence-corrected chi connectivity index (χ1v) is 9.72. The van der Waals surface area contributed by atoms with Crippen molar-refractivity contribution in [2.75, 3.05) is 12.5 Å². The minimum atomic E-state index is -1.05. The predicted molar refractivity (Wildman–Crippen MR) is 102 cm³/mol. The molecule has 0 bridgehead atoms. The van der Waals surface area contributed by atoms with Gasteiger partial charge in [-0.05, 0) is 41.7 Å². The number of fused-ring (bicyclic) bond motifs is 1. The Hall–Kier alpha value is -2.11. The van der Waals surface area contributed by atoms with Gasteiger partial charge in [-0.2, -0.15) is 0 Å². The summed E-state index contributed by atoms with van der Waals surface area (Å²) in [6.07, 6.45) is 3.98. The fourth-order valence-corrected chi connectivity index (χ4v) is 4.31. The summed E-state index contributed by atoms with van der Waals surface area (Å²) in [6.45, 7) is 0. The average Bonchev–Trinajstić information content (AvgIpc) is 2.61. The molecule has 122 valence electrons. The lowest BCUT2D eigenvalue weighted by Crippen LogP contribution is -2.01. The zero-order valence-electron chi connectivity index (χ0n) is 13.2. The molecule has 5 heteroatoms. The molecule has 2 N–H and O–H groups in total. The maximum atomic E-state index is 11.7. The highest BCUT2D eigenvalue weighted by Gasteiger charge is 2.19. The van der Waals surface area contributed by atoms with E-state index in [9.17, 15) is 15.0 Å². The smallest absolute Gasteiger partial charge is 0.336 e. The van der Waals surface area contributed by atoms with E-state index < -0.39 is 5.97 Å². The van der Waals surface area contributed by atoms with E-state index >= 15 is 0 Å². The van der Waals surface area contributed by atoms with Gasteiger partial charge >= 0.3 is 5.97 Å². The summed E-state index contributed by atoms with van der Waals surface area (Å²) in [7, 11) is 0. The first-order valence-electron chi connectivity index (χ1n) is 7.27. The lowest BCUT2D eigenvalue weighted by atomic mass is 9.92. The molecule has 3 aromatic rings. The van der Waals surface area contributed by atoms with E-state index in [4.69, 9.17) is 0 Å². The fourth-order valence-electron chi connectivity index (χ4n) is 2.81. The second-order valence-corrected chi connectivity index (χ2v) is 6.94. The third kappa shape index (κ3) is 2.85. The molecular formula is C19H16O3S2. The largest absolute Gasteiger partial charge is 0.507 e. The number of carboxylic acids is 1. The van der Waals surface area contributed by atoms with E-state index in [1.165, 1.54) is 6.07 Å². The lowest BCUT2D eigenvalue weighted by molar-refractivity contribution is 0.0697. The molecule has 0 spiro atoms. The Morgan fingerprint density at radius 3 is 2.04 bits per heavy atom. The SMILES string of the molecule is CSc1cc2c(O)cc(C(=O)O)c(-c3ccccc3)c2cc1SC. The van der Waals surface area contributed by atoms with Crippen molar-refractivity contribution in [1.29, 1.82) is 0 Å². The van der Waals surface area contributed by atoms with Gasteiger partial charge in [-0.15, -0.1) is 23.5 Å². The Bertz CT molecular complexity index is 921. The molecule has 0 radical (unpaired) electrons. The third-order valence-electron chi connectivity index (χ3n) is 3.91. The van der Waals surface area contributed by atoms with Gasteiger partial charge in [-0.3, -0.25) is 0 Å². The number of thioether (sulfide) groups is 2. The Kier molecular flexibility index (Phi) is 4.73. The highest BCUT2D eigenvalue weighted by molar-refractivity contribution is 8.01. The zero-order chi connectivity index (χ0) is 17.3. The van der Waals surface area contributed by atoms with Crippen LogP contribution in [0.25, 0.3) is 21.9 Å². The zero-order valence-corrected chi connectivity index (χ0v) is 14.9. The molecule has 3 aromatic carbocycles. The van der Waals surface area contributed by atoms with Crippen LogP contribution in [0.4, 0.5) is 0 Å². The summed E-state index contributed by atoms with van der Waals surface area (Å²) in [5.41, 5.74) is 1.57. The minimum absolute atomic E-state index is 0.00923. The molecule has 0 fully saturated rings. The minimum Gasteiger partial charge on any atom is -0.507 e. The number of aromatic hydroxyl groups is 1. The number of carboxylic acid groups (broad SMARTS) is 1. The third-order valence-corrected chi connectivity index (χ3v) is 5.60. The van der Waals surface area contributed by atoms with Gasteiger partial charge < -0.3 is 10.2 Å². The number of benzene rings is 3. The maximum Gasteiger partial charge on any atom is 0.336 e. The van der Waals surface area contributed by atoms with Crippen LogP contribution in [-0.2, 0) is 0 Å². The van der Waals surface area contributed by atoms with E-state index in [1.807, 2.05) is 55.0 Å². The van der Waals surface area contributed by atoms with Crippen LogP contribution in [0.15, 0.2) is 58.3 Å². The molecule has 0 aliphatic rings. The first-order chi connectivity index (χ1) is 11.6. The fraction of sp³-hybridized carbons (Fsp3) is 0.105. The second-order valence-electron chi connectivity index (χ2n) is 5.24. The van der Waals surface area contributed by atoms with Crippen LogP contribution in [0.2, 0.25) is 0 Å². The summed E-state index contributed by atoms with van der Waals surface area (Å²) in [5, 5.41) is 21.4. The van der Waals surface area contributed by atoms with Gasteiger partial charge in [0.1, 0.15) is 5.75 Å². The van der Waals surface area contributed by atoms with Gasteiger partial charge in [0.05, 0.1) is 5.56 Å². The van der Waals surface area contributed by atoms with Crippen molar-refractivity contribution < 1.29 is 15.0 Å². The normalized spacial score (nSPS) is 10.9. The van der Waals surface area contributed by atoms with E-state index in [2.05, 4.69) is 0 Å². The molecule has 24 heavy (non-hydrogen) atoms. The Labute approximate surface area is 148 Å². The van der Waals surface area contributed by atoms with Gasteiger partial charge in [0, 0.05) is 20.7 Å². The van der Waals surface area contributed by atoms with Gasteiger partial charge in [0.2, 0.25) is 0 Å². The van der Waals surface area contributed by atoms with Crippen LogP contribution in [0, 0.1) is 0 Å². The molecule has 0 unspecified atom stereocenters. The summed E-state index contributed by atoms with van der Waals surface area (Å²) in [5.74, 6) is -1.06. The maximum absolute atomic E-state index is 11.7. The molecule has 0 amide bonds. The number of phenols is 1. The standard InChI is InChI=1S/C19H16O3S2/c1-23-16-9-12-13(10-17(16)24-2)18(11-6-4-3-5-7-11)14(19(21)22)8-15(12)20/h3-10,20H,1-2H3,(H,21,22). The van der Waals surface area contributed by atoms with Crippen molar-refractivity contribution in [3.63, 3.8) is 0 Å². The Morgan fingerprint density at radius 2 is 1.50 bits per heavy atom. The average molecular weight is 356 g/mol. The van der Waals surface area contributed by atoms with Crippen LogP contribution in [0.3, 0.4) is 0 Å². The van der Waals surface area contributed by atoms with E-state index in [-0.39, 0.29) is 11.3 Å². The van der Waals surface area contributed by atoms with Crippen molar-refractivity contribution in [2.45, 2.75) is 9.79 Å². The van der Waals surface area contributed by atoms with Crippen LogP contribution >= 0.6 is 23.5 Å². The molecule has 3 rings (SSSR count). The van der Waals surface area contributed by atoms with Crippen molar-refractivity contribution in [1.82, 2.24) is 0 Å². The summed E-state index contributed by atoms with van der Waals surface area (Å²) in [4.78, 5) is 13.9.